The molecule has 2 aromatic rings. The summed E-state index contributed by atoms with van der Waals surface area (Å²) in [5.74, 6) is -3.18. The number of carbonyl (C=O) groups is 4. The molecule has 1 aliphatic rings. The van der Waals surface area contributed by atoms with E-state index in [1.807, 2.05) is 24.3 Å². The third-order valence-electron chi connectivity index (χ3n) is 5.29. The number of hydrogen-bond acceptors (Lipinski definition) is 5. The molecule has 160 valence electrons. The van der Waals surface area contributed by atoms with Gasteiger partial charge in [0.15, 0.2) is 0 Å². The zero-order valence-electron chi connectivity index (χ0n) is 16.3. The van der Waals surface area contributed by atoms with Gasteiger partial charge in [-0.05, 0) is 30.9 Å². The zero-order chi connectivity index (χ0) is 21.8. The van der Waals surface area contributed by atoms with Gasteiger partial charge in [0.25, 0.3) is 0 Å². The second-order valence-corrected chi connectivity index (χ2v) is 7.43. The summed E-state index contributed by atoms with van der Waals surface area (Å²) < 4.78 is 0. The molecule has 3 unspecified atom stereocenters. The number of nitrogens with two attached hydrogens (primary N) is 2. The van der Waals surface area contributed by atoms with Crippen molar-refractivity contribution >= 4 is 34.6 Å². The van der Waals surface area contributed by atoms with Crippen LogP contribution in [0.15, 0.2) is 30.5 Å². The summed E-state index contributed by atoms with van der Waals surface area (Å²) in [6.45, 7) is 0.238. The van der Waals surface area contributed by atoms with Crippen LogP contribution in [0.5, 0.6) is 0 Å². The molecule has 10 nitrogen and oxygen atoms in total. The summed E-state index contributed by atoms with van der Waals surface area (Å²) in [5.41, 5.74) is 13.0. The van der Waals surface area contributed by atoms with E-state index in [1.165, 1.54) is 4.90 Å². The van der Waals surface area contributed by atoms with Gasteiger partial charge in [0.05, 0.1) is 12.5 Å². The molecule has 1 aliphatic heterocycles. The number of aromatic nitrogens is 1. The molecule has 0 bridgehead atoms. The number of carbonyl (C=O) groups excluding carboxylic acids is 3. The average Bonchev–Trinajstić information content (AvgIpc) is 3.34. The quantitative estimate of drug-likeness (QED) is 0.388. The van der Waals surface area contributed by atoms with Crippen LogP contribution in [0.4, 0.5) is 0 Å². The lowest BCUT2D eigenvalue weighted by molar-refractivity contribution is -0.149. The molecule has 30 heavy (non-hydrogen) atoms. The van der Waals surface area contributed by atoms with Gasteiger partial charge in [0.2, 0.25) is 17.7 Å². The molecule has 3 atom stereocenters. The van der Waals surface area contributed by atoms with E-state index in [9.17, 15) is 24.3 Å². The number of nitrogens with one attached hydrogen (secondary N) is 2. The van der Waals surface area contributed by atoms with E-state index in [1.54, 1.807) is 6.20 Å². The Morgan fingerprint density at radius 1 is 1.27 bits per heavy atom. The summed E-state index contributed by atoms with van der Waals surface area (Å²) in [6.07, 6.45) is 2.39. The molecule has 3 rings (SSSR count). The van der Waals surface area contributed by atoms with Crippen molar-refractivity contribution in [1.29, 1.82) is 0 Å². The highest BCUT2D eigenvalue weighted by Crippen LogP contribution is 2.20. The van der Waals surface area contributed by atoms with E-state index < -0.39 is 48.2 Å². The van der Waals surface area contributed by atoms with Gasteiger partial charge >= 0.3 is 5.97 Å². The first-order chi connectivity index (χ1) is 14.3. The molecule has 7 N–H and O–H groups in total. The number of amides is 3. The van der Waals surface area contributed by atoms with Crippen LogP contribution in [-0.2, 0) is 25.6 Å². The Hall–Kier alpha value is -3.40. The first-order valence-corrected chi connectivity index (χ1v) is 9.70. The predicted octanol–water partition coefficient (Wildman–Crippen LogP) is -0.526. The molecule has 0 radical (unpaired) electrons. The first kappa shape index (κ1) is 21.3. The lowest BCUT2D eigenvalue weighted by atomic mass is 10.0. The molecular weight excluding hydrogens is 390 g/mol. The lowest BCUT2D eigenvalue weighted by Gasteiger charge is -2.27. The summed E-state index contributed by atoms with van der Waals surface area (Å²) >= 11 is 0. The molecule has 1 aromatic carbocycles. The van der Waals surface area contributed by atoms with Crippen molar-refractivity contribution in [1.82, 2.24) is 15.2 Å². The van der Waals surface area contributed by atoms with Gasteiger partial charge in [-0.25, -0.2) is 4.79 Å². The summed E-state index contributed by atoms with van der Waals surface area (Å²) in [5, 5.41) is 12.7. The van der Waals surface area contributed by atoms with Crippen LogP contribution in [0.3, 0.4) is 0 Å². The Bertz CT molecular complexity index is 971. The van der Waals surface area contributed by atoms with Gasteiger partial charge in [-0.15, -0.1) is 0 Å². The van der Waals surface area contributed by atoms with Crippen LogP contribution in [0.25, 0.3) is 10.9 Å². The van der Waals surface area contributed by atoms with E-state index in [0.29, 0.717) is 12.8 Å². The highest BCUT2D eigenvalue weighted by Gasteiger charge is 2.38. The van der Waals surface area contributed by atoms with E-state index in [4.69, 9.17) is 11.5 Å². The summed E-state index contributed by atoms with van der Waals surface area (Å²) in [7, 11) is 0. The van der Waals surface area contributed by atoms with Gasteiger partial charge < -0.3 is 31.8 Å². The Morgan fingerprint density at radius 2 is 2.00 bits per heavy atom. The number of carboxylic acid groups (broad SMARTS) is 1. The smallest absolute Gasteiger partial charge is 0.326 e. The lowest BCUT2D eigenvalue weighted by Crippen LogP contribution is -2.55. The fourth-order valence-corrected chi connectivity index (χ4v) is 3.80. The number of aliphatic carboxylic acids is 1. The van der Waals surface area contributed by atoms with Crippen molar-refractivity contribution in [2.45, 2.75) is 43.8 Å². The maximum Gasteiger partial charge on any atom is 0.326 e. The number of para-hydroxylation sites is 1. The number of carboxylic acids is 1. The number of fused-ring (bicyclic) bond motifs is 1. The highest BCUT2D eigenvalue weighted by atomic mass is 16.4. The van der Waals surface area contributed by atoms with E-state index in [2.05, 4.69) is 10.3 Å². The Labute approximate surface area is 172 Å². The Balaban J connectivity index is 1.70. The van der Waals surface area contributed by atoms with Crippen LogP contribution in [0.1, 0.15) is 24.8 Å². The molecule has 1 saturated heterocycles. The summed E-state index contributed by atoms with van der Waals surface area (Å²) in [4.78, 5) is 52.6. The molecule has 0 spiro atoms. The second-order valence-electron chi connectivity index (χ2n) is 7.43. The van der Waals surface area contributed by atoms with Crippen LogP contribution < -0.4 is 16.8 Å². The number of aromatic amines is 1. The third kappa shape index (κ3) is 4.60. The standard InChI is InChI=1S/C20H25N5O5/c21-13(8-11-10-23-14-5-2-1-4-12(11)14)18(27)24-15(9-17(22)26)19(28)25-7-3-6-16(25)20(29)30/h1-2,4-5,10,13,15-16,23H,3,6-9,21H2,(H2,22,26)(H,24,27)(H,29,30). The van der Waals surface area contributed by atoms with Crippen molar-refractivity contribution in [2.75, 3.05) is 6.54 Å². The van der Waals surface area contributed by atoms with E-state index >= 15 is 0 Å². The SMILES string of the molecule is NC(=O)CC(NC(=O)C(N)Cc1c[nH]c2ccccc12)C(=O)N1CCCC1C(=O)O. The van der Waals surface area contributed by atoms with E-state index in [0.717, 1.165) is 16.5 Å². The molecule has 1 fully saturated rings. The first-order valence-electron chi connectivity index (χ1n) is 9.70. The minimum absolute atomic E-state index is 0.217. The number of H-pyrrole nitrogens is 1. The van der Waals surface area contributed by atoms with Crippen molar-refractivity contribution in [2.24, 2.45) is 11.5 Å². The fourth-order valence-electron chi connectivity index (χ4n) is 3.80. The van der Waals surface area contributed by atoms with Crippen molar-refractivity contribution in [3.05, 3.63) is 36.0 Å². The molecule has 0 aliphatic carbocycles. The van der Waals surface area contributed by atoms with Crippen LogP contribution in [0, 0.1) is 0 Å². The molecule has 0 saturated carbocycles. The number of hydrogen-bond donors (Lipinski definition) is 5. The average molecular weight is 415 g/mol. The van der Waals surface area contributed by atoms with Crippen LogP contribution in [0.2, 0.25) is 0 Å². The number of nitrogens with zero attached hydrogens (tertiary/aromatic N) is 1. The highest BCUT2D eigenvalue weighted by molar-refractivity contribution is 5.95. The van der Waals surface area contributed by atoms with Crippen molar-refractivity contribution < 1.29 is 24.3 Å². The Kier molecular flexibility index (Phi) is 6.36. The van der Waals surface area contributed by atoms with Crippen molar-refractivity contribution in [3.63, 3.8) is 0 Å². The largest absolute Gasteiger partial charge is 0.480 e. The van der Waals surface area contributed by atoms with Gasteiger partial charge in [-0.1, -0.05) is 18.2 Å². The van der Waals surface area contributed by atoms with E-state index in [-0.39, 0.29) is 13.0 Å². The number of likely N-dealkylation sites (tertiary alicyclic amines) is 1. The van der Waals surface area contributed by atoms with Gasteiger partial charge in [0.1, 0.15) is 12.1 Å². The third-order valence-corrected chi connectivity index (χ3v) is 5.29. The molecular formula is C20H25N5O5. The topological polar surface area (TPSA) is 172 Å². The van der Waals surface area contributed by atoms with Crippen LogP contribution in [-0.4, -0.2) is 63.4 Å². The van der Waals surface area contributed by atoms with Gasteiger partial charge in [-0.2, -0.15) is 0 Å². The molecule has 3 amide bonds. The maximum absolute atomic E-state index is 12.8. The zero-order valence-corrected chi connectivity index (χ0v) is 16.3. The molecule has 2 heterocycles. The predicted molar refractivity (Wildman–Crippen MR) is 108 cm³/mol. The second kappa shape index (κ2) is 8.95. The molecule has 1 aromatic heterocycles. The van der Waals surface area contributed by atoms with Gasteiger partial charge in [-0.3, -0.25) is 14.4 Å². The summed E-state index contributed by atoms with van der Waals surface area (Å²) in [6, 6.07) is 4.36. The minimum Gasteiger partial charge on any atom is -0.480 e. The normalized spacial score (nSPS) is 18.2. The minimum atomic E-state index is -1.26. The number of primary amides is 1. The number of rotatable bonds is 8. The fraction of sp³-hybridized carbons (Fsp3) is 0.400. The Morgan fingerprint density at radius 3 is 2.70 bits per heavy atom. The van der Waals surface area contributed by atoms with Crippen LogP contribution >= 0.6 is 0 Å². The number of benzene rings is 1. The molecule has 10 heteroatoms. The van der Waals surface area contributed by atoms with Gasteiger partial charge in [0, 0.05) is 23.6 Å². The monoisotopic (exact) mass is 415 g/mol. The van der Waals surface area contributed by atoms with Crippen molar-refractivity contribution in [3.8, 4) is 0 Å². The maximum atomic E-state index is 12.8.